The van der Waals surface area contributed by atoms with Gasteiger partial charge < -0.3 is 15.3 Å². The molecule has 3 nitrogen and oxygen atoms in total. The highest BCUT2D eigenvalue weighted by molar-refractivity contribution is 6.11. The van der Waals surface area contributed by atoms with Gasteiger partial charge in [-0.05, 0) is 0 Å². The maximum Gasteiger partial charge on any atom is 0.215 e. The fraction of sp³-hybridized carbons (Fsp3) is 1.00. The summed E-state index contributed by atoms with van der Waals surface area (Å²) >= 11 is 0. The molecule has 0 spiro atoms. The zero-order valence-electron chi connectivity index (χ0n) is 2.42. The van der Waals surface area contributed by atoms with Gasteiger partial charge in [0.25, 0.3) is 0 Å². The highest BCUT2D eigenvalue weighted by atomic mass is 16.7. The average Bonchev–Trinajstić information content (AvgIpc) is 0.722. The first-order valence-corrected chi connectivity index (χ1v) is 0.959. The maximum absolute atomic E-state index is 7.41. The molecule has 0 rings (SSSR count). The van der Waals surface area contributed by atoms with E-state index in [4.69, 9.17) is 15.3 Å². The van der Waals surface area contributed by atoms with Crippen molar-refractivity contribution in [1.29, 1.82) is 0 Å². The van der Waals surface area contributed by atoms with E-state index in [9.17, 15) is 0 Å². The molecule has 0 amide bonds. The van der Waals surface area contributed by atoms with E-state index in [0.29, 0.717) is 0 Å². The molecule has 0 saturated heterocycles. The lowest BCUT2D eigenvalue weighted by molar-refractivity contribution is -0.243. The number of rotatable bonds is 0. The van der Waals surface area contributed by atoms with Crippen LogP contribution in [0.5, 0.6) is 0 Å². The summed E-state index contributed by atoms with van der Waals surface area (Å²) in [5, 5.41) is 22.2. The van der Waals surface area contributed by atoms with E-state index in [-0.39, 0.29) is 0 Å². The molecule has 0 fully saturated rings. The summed E-state index contributed by atoms with van der Waals surface area (Å²) < 4.78 is 0. The molecule has 0 atom stereocenters. The normalized spacial score (nSPS) is 11.8. The van der Waals surface area contributed by atoms with Crippen LogP contribution in [0.3, 0.4) is 0 Å². The molecule has 0 saturated carbocycles. The van der Waals surface area contributed by atoms with E-state index in [0.717, 1.165) is 0 Å². The molecule has 0 aliphatic rings. The largest absolute Gasteiger partial charge is 0.353 e. The molecule has 0 aromatic heterocycles. The second-order valence-corrected chi connectivity index (χ2v) is 0.687. The van der Waals surface area contributed by atoms with E-state index in [2.05, 4.69) is 7.85 Å². The first-order valence-electron chi connectivity index (χ1n) is 0.959. The molecule has 2 radical (unpaired) electrons. The Morgan fingerprint density at radius 2 is 1.20 bits per heavy atom. The van der Waals surface area contributed by atoms with Gasteiger partial charge in [0.15, 0.2) is 7.85 Å². The molecule has 0 aliphatic heterocycles. The summed E-state index contributed by atoms with van der Waals surface area (Å²) in [6, 6.07) is 0. The Balaban J connectivity index is 3.02. The Labute approximate surface area is 30.3 Å². The van der Waals surface area contributed by atoms with Crippen molar-refractivity contribution in [1.82, 2.24) is 0 Å². The highest BCUT2D eigenvalue weighted by Crippen LogP contribution is 1.74. The summed E-state index contributed by atoms with van der Waals surface area (Å²) in [6.45, 7) is 0. The minimum Gasteiger partial charge on any atom is -0.353 e. The molecule has 4 heteroatoms. The van der Waals surface area contributed by atoms with Crippen molar-refractivity contribution in [3.8, 4) is 0 Å². The van der Waals surface area contributed by atoms with Crippen molar-refractivity contribution in [2.45, 2.75) is 5.87 Å². The van der Waals surface area contributed by atoms with Crippen LogP contribution in [0.4, 0.5) is 0 Å². The summed E-state index contributed by atoms with van der Waals surface area (Å²) in [5.41, 5.74) is 0. The molecule has 0 bridgehead atoms. The zero-order valence-corrected chi connectivity index (χ0v) is 2.42. The molecule has 0 heterocycles. The third kappa shape index (κ3) is 4920. The lowest BCUT2D eigenvalue weighted by atomic mass is 10.1. The Bertz CT molecular complexity index is 22.4. The fourth-order valence-corrected chi connectivity index (χ4v) is 0. The Hall–Kier alpha value is -0.0551. The number of hydrogen-bond donors (Lipinski definition) is 3. The van der Waals surface area contributed by atoms with Crippen molar-refractivity contribution in [3.63, 3.8) is 0 Å². The van der Waals surface area contributed by atoms with Gasteiger partial charge in [-0.15, -0.1) is 0 Å². The number of aliphatic hydroxyl groups is 3. The fourth-order valence-electron chi connectivity index (χ4n) is 0. The SMILES string of the molecule is [B]C(O)(O)O. The lowest BCUT2D eigenvalue weighted by Crippen LogP contribution is -2.26. The monoisotopic (exact) mass is 74.0 g/mol. The quantitative estimate of drug-likeness (QED) is 0.224. The van der Waals surface area contributed by atoms with Gasteiger partial charge in [-0.2, -0.15) is 0 Å². The van der Waals surface area contributed by atoms with Gasteiger partial charge >= 0.3 is 0 Å². The Kier molecular flexibility index (Phi) is 0.957. The van der Waals surface area contributed by atoms with Crippen molar-refractivity contribution in [2.75, 3.05) is 0 Å². The van der Waals surface area contributed by atoms with E-state index >= 15 is 0 Å². The zero-order chi connectivity index (χ0) is 4.50. The molecule has 0 aromatic carbocycles. The van der Waals surface area contributed by atoms with Crippen LogP contribution in [0.15, 0.2) is 0 Å². The van der Waals surface area contributed by atoms with Crippen molar-refractivity contribution < 1.29 is 15.3 Å². The van der Waals surface area contributed by atoms with Gasteiger partial charge in [0, 0.05) is 0 Å². The van der Waals surface area contributed by atoms with Crippen LogP contribution in [-0.2, 0) is 0 Å². The van der Waals surface area contributed by atoms with Crippen LogP contribution < -0.4 is 0 Å². The minimum absolute atomic E-state index is 3.00. The van der Waals surface area contributed by atoms with Gasteiger partial charge in [0.05, 0.1) is 0 Å². The molecule has 0 aliphatic carbocycles. The second kappa shape index (κ2) is 0.968. The third-order valence-corrected chi connectivity index (χ3v) is 0. The predicted octanol–water partition coefficient (Wildman–Crippen LogP) is -2.26. The van der Waals surface area contributed by atoms with Gasteiger partial charge in [0.1, 0.15) is 0 Å². The van der Waals surface area contributed by atoms with Crippen molar-refractivity contribution in [3.05, 3.63) is 0 Å². The lowest BCUT2D eigenvalue weighted by Gasteiger charge is -2.03. The van der Waals surface area contributed by atoms with Crippen LogP contribution in [-0.4, -0.2) is 29.0 Å². The molecule has 5 heavy (non-hydrogen) atoms. The first kappa shape index (κ1) is 4.94. The van der Waals surface area contributed by atoms with Gasteiger partial charge in [-0.3, -0.25) is 0 Å². The van der Waals surface area contributed by atoms with Crippen molar-refractivity contribution in [2.24, 2.45) is 0 Å². The summed E-state index contributed by atoms with van der Waals surface area (Å²) in [5.74, 6) is -3.00. The average molecular weight is 73.8 g/mol. The van der Waals surface area contributed by atoms with Crippen molar-refractivity contribution >= 4 is 7.85 Å². The van der Waals surface area contributed by atoms with E-state index < -0.39 is 5.87 Å². The van der Waals surface area contributed by atoms with E-state index in [1.54, 1.807) is 0 Å². The Morgan fingerprint density at radius 3 is 1.20 bits per heavy atom. The van der Waals surface area contributed by atoms with Crippen LogP contribution in [0.25, 0.3) is 0 Å². The maximum atomic E-state index is 7.41. The van der Waals surface area contributed by atoms with Gasteiger partial charge in [0.2, 0.25) is 5.87 Å². The molecule has 0 aromatic rings. The van der Waals surface area contributed by atoms with Gasteiger partial charge in [-0.1, -0.05) is 0 Å². The van der Waals surface area contributed by atoms with Crippen LogP contribution >= 0.6 is 0 Å². The molecule has 0 unspecified atom stereocenters. The van der Waals surface area contributed by atoms with E-state index in [1.807, 2.05) is 0 Å². The van der Waals surface area contributed by atoms with Crippen LogP contribution in [0.2, 0.25) is 0 Å². The second-order valence-electron chi connectivity index (χ2n) is 0.687. The van der Waals surface area contributed by atoms with Crippen LogP contribution in [0.1, 0.15) is 0 Å². The topological polar surface area (TPSA) is 60.7 Å². The summed E-state index contributed by atoms with van der Waals surface area (Å²) in [7, 11) is 4.02. The Morgan fingerprint density at radius 1 is 1.20 bits per heavy atom. The summed E-state index contributed by atoms with van der Waals surface area (Å²) in [4.78, 5) is 0. The van der Waals surface area contributed by atoms with Crippen LogP contribution in [0, 0.1) is 0 Å². The number of hydrogen-bond acceptors (Lipinski definition) is 3. The minimum atomic E-state index is -3.00. The standard InChI is InChI=1S/CH3BO3/c2-1(3,4)5/h3-5H. The van der Waals surface area contributed by atoms with Gasteiger partial charge in [-0.25, -0.2) is 0 Å². The predicted molar refractivity (Wildman–Crippen MR) is 15.1 cm³/mol. The third-order valence-electron chi connectivity index (χ3n) is 0. The first-order chi connectivity index (χ1) is 2.00. The molecule has 3 N–H and O–H groups in total. The van der Waals surface area contributed by atoms with E-state index in [1.165, 1.54) is 0 Å². The highest BCUT2D eigenvalue weighted by Gasteiger charge is 2.03. The molecular weight excluding hydrogens is 70.8 g/mol. The molecule has 28 valence electrons. The summed E-state index contributed by atoms with van der Waals surface area (Å²) in [6.07, 6.45) is 0. The smallest absolute Gasteiger partial charge is 0.215 e. The molecular formula is CH3BO3.